The normalized spacial score (nSPS) is 13.5. The van der Waals surface area contributed by atoms with Crippen molar-refractivity contribution in [3.63, 3.8) is 0 Å². The molecule has 8 heteroatoms. The Bertz CT molecular complexity index is 473. The van der Waals surface area contributed by atoms with E-state index in [2.05, 4.69) is 20.7 Å². The zero-order valence-electron chi connectivity index (χ0n) is 9.47. The molecule has 0 N–H and O–H groups in total. The molecule has 1 aromatic carbocycles. The number of ether oxygens (including phenoxy) is 1. The van der Waals surface area contributed by atoms with Gasteiger partial charge >= 0.3 is 12.8 Å². The van der Waals surface area contributed by atoms with E-state index >= 15 is 0 Å². The molecular formula is C11H8BrF5O2. The standard InChI is InChI=1S/C11H8BrF5O2/c1-5(18)9(12)8-6(11(15,16)17)3-2-4-7(8)19-10(13)14/h2-4,9-10H,1H3. The summed E-state index contributed by atoms with van der Waals surface area (Å²) in [6.07, 6.45) is -4.78. The Morgan fingerprint density at radius 3 is 2.32 bits per heavy atom. The van der Waals surface area contributed by atoms with Gasteiger partial charge in [0, 0.05) is 5.56 Å². The molecule has 2 nitrogen and oxygen atoms in total. The lowest BCUT2D eigenvalue weighted by molar-refractivity contribution is -0.138. The Hall–Kier alpha value is -1.18. The molecule has 0 amide bonds. The van der Waals surface area contributed by atoms with Gasteiger partial charge in [-0.3, -0.25) is 4.79 Å². The van der Waals surface area contributed by atoms with Gasteiger partial charge in [-0.25, -0.2) is 0 Å². The van der Waals surface area contributed by atoms with E-state index in [0.717, 1.165) is 19.1 Å². The monoisotopic (exact) mass is 346 g/mol. The minimum atomic E-state index is -4.78. The maximum absolute atomic E-state index is 12.8. The van der Waals surface area contributed by atoms with Gasteiger partial charge < -0.3 is 4.74 Å². The molecule has 0 aliphatic carbocycles. The predicted molar refractivity (Wildman–Crippen MR) is 60.4 cm³/mol. The fourth-order valence-corrected chi connectivity index (χ4v) is 1.93. The minimum Gasteiger partial charge on any atom is -0.434 e. The summed E-state index contributed by atoms with van der Waals surface area (Å²) in [4.78, 5) is 9.83. The molecule has 0 aromatic heterocycles. The van der Waals surface area contributed by atoms with Crippen LogP contribution in [0.5, 0.6) is 5.75 Å². The lowest BCUT2D eigenvalue weighted by atomic mass is 10.0. The Labute approximate surface area is 113 Å². The minimum absolute atomic E-state index is 0.650. The average molecular weight is 347 g/mol. The van der Waals surface area contributed by atoms with Crippen LogP contribution in [-0.4, -0.2) is 12.4 Å². The van der Waals surface area contributed by atoms with Gasteiger partial charge in [0.15, 0.2) is 0 Å². The van der Waals surface area contributed by atoms with Gasteiger partial charge in [0.2, 0.25) is 0 Å². The van der Waals surface area contributed by atoms with Crippen molar-refractivity contribution in [1.82, 2.24) is 0 Å². The van der Waals surface area contributed by atoms with E-state index in [1.807, 2.05) is 0 Å². The Morgan fingerprint density at radius 1 is 1.32 bits per heavy atom. The summed E-state index contributed by atoms with van der Waals surface area (Å²) in [6, 6.07) is 2.59. The highest BCUT2D eigenvalue weighted by Gasteiger charge is 2.37. The molecule has 0 radical (unpaired) electrons. The molecule has 0 aliphatic heterocycles. The first kappa shape index (κ1) is 15.9. The molecule has 19 heavy (non-hydrogen) atoms. The van der Waals surface area contributed by atoms with Crippen molar-refractivity contribution in [2.75, 3.05) is 0 Å². The van der Waals surface area contributed by atoms with Crippen LogP contribution >= 0.6 is 15.9 Å². The molecule has 0 fully saturated rings. The average Bonchev–Trinajstić information content (AvgIpc) is 2.25. The van der Waals surface area contributed by atoms with Gasteiger partial charge in [0.1, 0.15) is 16.4 Å². The van der Waals surface area contributed by atoms with Crippen LogP contribution in [-0.2, 0) is 11.0 Å². The van der Waals surface area contributed by atoms with Gasteiger partial charge in [-0.1, -0.05) is 22.0 Å². The first-order valence-electron chi connectivity index (χ1n) is 4.94. The second-order valence-corrected chi connectivity index (χ2v) is 4.48. The predicted octanol–water partition coefficient (Wildman–Crippen LogP) is 4.33. The number of Topliss-reactive ketones (excluding diaryl/α,β-unsaturated/α-hetero) is 1. The number of ketones is 1. The first-order chi connectivity index (χ1) is 8.64. The number of carbonyl (C=O) groups excluding carboxylic acids is 1. The molecule has 0 heterocycles. The smallest absolute Gasteiger partial charge is 0.416 e. The van der Waals surface area contributed by atoms with Crippen molar-refractivity contribution in [2.45, 2.75) is 24.5 Å². The van der Waals surface area contributed by atoms with E-state index in [1.54, 1.807) is 0 Å². The highest BCUT2D eigenvalue weighted by Crippen LogP contribution is 2.42. The number of alkyl halides is 6. The molecule has 1 unspecified atom stereocenters. The van der Waals surface area contributed by atoms with Gasteiger partial charge in [-0.2, -0.15) is 22.0 Å². The Morgan fingerprint density at radius 2 is 1.89 bits per heavy atom. The molecule has 0 aliphatic rings. The highest BCUT2D eigenvalue weighted by atomic mass is 79.9. The van der Waals surface area contributed by atoms with E-state index in [0.29, 0.717) is 6.07 Å². The lowest BCUT2D eigenvalue weighted by Gasteiger charge is -2.19. The van der Waals surface area contributed by atoms with Crippen molar-refractivity contribution < 1.29 is 31.5 Å². The molecule has 0 saturated heterocycles. The molecule has 1 aromatic rings. The fraction of sp³-hybridized carbons (Fsp3) is 0.364. The van der Waals surface area contributed by atoms with E-state index in [-0.39, 0.29) is 0 Å². The SMILES string of the molecule is CC(=O)C(Br)c1c(OC(F)F)cccc1C(F)(F)F. The zero-order chi connectivity index (χ0) is 14.8. The summed E-state index contributed by atoms with van der Waals surface area (Å²) in [5, 5.41) is 0. The van der Waals surface area contributed by atoms with E-state index in [4.69, 9.17) is 0 Å². The summed E-state index contributed by atoms with van der Waals surface area (Å²) in [5.41, 5.74) is -1.84. The van der Waals surface area contributed by atoms with Crippen LogP contribution in [0.3, 0.4) is 0 Å². The number of benzene rings is 1. The van der Waals surface area contributed by atoms with Crippen molar-refractivity contribution in [2.24, 2.45) is 0 Å². The third-order valence-electron chi connectivity index (χ3n) is 2.20. The highest BCUT2D eigenvalue weighted by molar-refractivity contribution is 9.09. The zero-order valence-corrected chi connectivity index (χ0v) is 11.1. The first-order valence-corrected chi connectivity index (χ1v) is 5.85. The number of hydrogen-bond acceptors (Lipinski definition) is 2. The van der Waals surface area contributed by atoms with Crippen molar-refractivity contribution in [3.05, 3.63) is 29.3 Å². The van der Waals surface area contributed by atoms with Crippen LogP contribution in [0.15, 0.2) is 18.2 Å². The number of carbonyl (C=O) groups is 1. The molecular weight excluding hydrogens is 339 g/mol. The molecule has 1 rings (SSSR count). The topological polar surface area (TPSA) is 26.3 Å². The lowest BCUT2D eigenvalue weighted by Crippen LogP contribution is -2.16. The van der Waals surface area contributed by atoms with Gasteiger partial charge in [-0.05, 0) is 19.1 Å². The van der Waals surface area contributed by atoms with E-state index in [9.17, 15) is 26.7 Å². The van der Waals surface area contributed by atoms with Crippen LogP contribution < -0.4 is 4.74 Å². The number of halogens is 6. The molecule has 1 atom stereocenters. The molecule has 0 saturated carbocycles. The molecule has 0 spiro atoms. The summed E-state index contributed by atoms with van der Waals surface area (Å²) in [6.45, 7) is -2.24. The summed E-state index contributed by atoms with van der Waals surface area (Å²) < 4.78 is 66.9. The molecule has 0 bridgehead atoms. The third kappa shape index (κ3) is 3.89. The van der Waals surface area contributed by atoms with Crippen molar-refractivity contribution in [3.8, 4) is 5.75 Å². The van der Waals surface area contributed by atoms with Crippen LogP contribution in [0.1, 0.15) is 22.9 Å². The van der Waals surface area contributed by atoms with E-state index < -0.39 is 40.3 Å². The number of hydrogen-bond donors (Lipinski definition) is 0. The quantitative estimate of drug-likeness (QED) is 0.599. The van der Waals surface area contributed by atoms with Crippen LogP contribution in [0, 0.1) is 0 Å². The summed E-state index contributed by atoms with van der Waals surface area (Å²) >= 11 is 2.76. The third-order valence-corrected chi connectivity index (χ3v) is 3.30. The van der Waals surface area contributed by atoms with Crippen molar-refractivity contribution >= 4 is 21.7 Å². The van der Waals surface area contributed by atoms with Crippen LogP contribution in [0.4, 0.5) is 22.0 Å². The maximum Gasteiger partial charge on any atom is 0.416 e. The summed E-state index contributed by atoms with van der Waals surface area (Å²) in [7, 11) is 0. The second-order valence-electron chi connectivity index (χ2n) is 3.57. The summed E-state index contributed by atoms with van der Waals surface area (Å²) in [5.74, 6) is -1.34. The van der Waals surface area contributed by atoms with Gasteiger partial charge in [0.05, 0.1) is 5.56 Å². The van der Waals surface area contributed by atoms with Gasteiger partial charge in [0.25, 0.3) is 0 Å². The van der Waals surface area contributed by atoms with Crippen LogP contribution in [0.2, 0.25) is 0 Å². The van der Waals surface area contributed by atoms with Gasteiger partial charge in [-0.15, -0.1) is 0 Å². The number of rotatable bonds is 4. The maximum atomic E-state index is 12.8. The Kier molecular flexibility index (Phi) is 4.89. The van der Waals surface area contributed by atoms with Crippen molar-refractivity contribution in [1.29, 1.82) is 0 Å². The Balaban J connectivity index is 3.44. The largest absolute Gasteiger partial charge is 0.434 e. The fourth-order valence-electron chi connectivity index (χ4n) is 1.45. The van der Waals surface area contributed by atoms with E-state index in [1.165, 1.54) is 0 Å². The molecule has 106 valence electrons. The second kappa shape index (κ2) is 5.85. The van der Waals surface area contributed by atoms with Crippen LogP contribution in [0.25, 0.3) is 0 Å².